The third kappa shape index (κ3) is 5.19. The van der Waals surface area contributed by atoms with E-state index in [9.17, 15) is 9.59 Å². The fraction of sp³-hybridized carbons (Fsp3) is 0.364. The van der Waals surface area contributed by atoms with Crippen LogP contribution >= 0.6 is 0 Å². The van der Waals surface area contributed by atoms with Crippen LogP contribution in [0.5, 0.6) is 0 Å². The fourth-order valence-corrected chi connectivity index (χ4v) is 3.43. The molecule has 1 heterocycles. The molecule has 0 aromatic heterocycles. The number of carbonyl (C=O) groups excluding carboxylic acids is 2. The molecule has 4 nitrogen and oxygen atoms in total. The van der Waals surface area contributed by atoms with Crippen molar-refractivity contribution in [2.45, 2.75) is 38.8 Å². The smallest absolute Gasteiger partial charge is 0.226 e. The van der Waals surface area contributed by atoms with Crippen molar-refractivity contribution in [3.8, 4) is 0 Å². The average Bonchev–Trinajstić information content (AvgIpc) is 2.84. The average molecular weight is 350 g/mol. The standard InChI is InChI=1S/C22H26N2O2/c25-21(23-16-18-9-3-1-4-10-18)15-20-13-7-8-14-24(22(20)26)17-19-11-5-2-6-12-19/h1-6,9-12,20H,7-8,13-17H2,(H,23,25). The number of rotatable bonds is 6. The minimum atomic E-state index is -0.211. The third-order valence-corrected chi connectivity index (χ3v) is 4.87. The van der Waals surface area contributed by atoms with E-state index in [0.29, 0.717) is 13.1 Å². The van der Waals surface area contributed by atoms with Crippen LogP contribution in [-0.4, -0.2) is 23.3 Å². The molecule has 0 spiro atoms. The van der Waals surface area contributed by atoms with Gasteiger partial charge in [-0.2, -0.15) is 0 Å². The minimum absolute atomic E-state index is 0.0474. The highest BCUT2D eigenvalue weighted by molar-refractivity contribution is 5.86. The monoisotopic (exact) mass is 350 g/mol. The largest absolute Gasteiger partial charge is 0.352 e. The van der Waals surface area contributed by atoms with Gasteiger partial charge in [0.05, 0.1) is 0 Å². The van der Waals surface area contributed by atoms with E-state index in [1.165, 1.54) is 0 Å². The summed E-state index contributed by atoms with van der Waals surface area (Å²) in [6.45, 7) is 1.91. The maximum absolute atomic E-state index is 12.9. The quantitative estimate of drug-likeness (QED) is 0.866. The van der Waals surface area contributed by atoms with Gasteiger partial charge in [-0.3, -0.25) is 9.59 Å². The molecule has 1 unspecified atom stereocenters. The van der Waals surface area contributed by atoms with E-state index in [1.807, 2.05) is 65.6 Å². The molecular formula is C22H26N2O2. The highest BCUT2D eigenvalue weighted by Gasteiger charge is 2.28. The van der Waals surface area contributed by atoms with Crippen LogP contribution in [0, 0.1) is 5.92 Å². The lowest BCUT2D eigenvalue weighted by Gasteiger charge is -2.24. The van der Waals surface area contributed by atoms with Crippen molar-refractivity contribution in [2.24, 2.45) is 5.92 Å². The summed E-state index contributed by atoms with van der Waals surface area (Å²) in [7, 11) is 0. The van der Waals surface area contributed by atoms with E-state index in [1.54, 1.807) is 0 Å². The Balaban J connectivity index is 1.55. The molecule has 2 aromatic carbocycles. The molecule has 0 saturated carbocycles. The zero-order chi connectivity index (χ0) is 18.2. The normalized spacial score (nSPS) is 17.6. The molecule has 1 N–H and O–H groups in total. The molecule has 26 heavy (non-hydrogen) atoms. The highest BCUT2D eigenvalue weighted by Crippen LogP contribution is 2.22. The van der Waals surface area contributed by atoms with Gasteiger partial charge < -0.3 is 10.2 Å². The number of benzene rings is 2. The molecular weight excluding hydrogens is 324 g/mol. The van der Waals surface area contributed by atoms with Gasteiger partial charge >= 0.3 is 0 Å². The summed E-state index contributed by atoms with van der Waals surface area (Å²) < 4.78 is 0. The second-order valence-corrected chi connectivity index (χ2v) is 6.90. The first-order valence-electron chi connectivity index (χ1n) is 9.36. The van der Waals surface area contributed by atoms with E-state index in [-0.39, 0.29) is 24.2 Å². The molecule has 4 heteroatoms. The van der Waals surface area contributed by atoms with Crippen molar-refractivity contribution < 1.29 is 9.59 Å². The molecule has 3 rings (SSSR count). The first kappa shape index (κ1) is 18.2. The number of nitrogens with zero attached hydrogens (tertiary/aromatic N) is 1. The van der Waals surface area contributed by atoms with Gasteiger partial charge in [0.15, 0.2) is 0 Å². The van der Waals surface area contributed by atoms with Gasteiger partial charge in [-0.05, 0) is 24.0 Å². The summed E-state index contributed by atoms with van der Waals surface area (Å²) >= 11 is 0. The molecule has 1 saturated heterocycles. The van der Waals surface area contributed by atoms with Crippen molar-refractivity contribution in [2.75, 3.05) is 6.54 Å². The molecule has 0 aliphatic carbocycles. The molecule has 0 bridgehead atoms. The number of amides is 2. The van der Waals surface area contributed by atoms with Crippen LogP contribution in [0.3, 0.4) is 0 Å². The maximum atomic E-state index is 12.9. The topological polar surface area (TPSA) is 49.4 Å². The Morgan fingerprint density at radius 2 is 1.62 bits per heavy atom. The maximum Gasteiger partial charge on any atom is 0.226 e. The lowest BCUT2D eigenvalue weighted by atomic mass is 9.98. The van der Waals surface area contributed by atoms with Crippen molar-refractivity contribution in [3.05, 3.63) is 71.8 Å². The fourth-order valence-electron chi connectivity index (χ4n) is 3.43. The van der Waals surface area contributed by atoms with E-state index < -0.39 is 0 Å². The van der Waals surface area contributed by atoms with E-state index in [4.69, 9.17) is 0 Å². The molecule has 0 radical (unpaired) electrons. The lowest BCUT2D eigenvalue weighted by Crippen LogP contribution is -2.37. The summed E-state index contributed by atoms with van der Waals surface area (Å²) in [6, 6.07) is 19.9. The summed E-state index contributed by atoms with van der Waals surface area (Å²) in [5, 5.41) is 2.94. The molecule has 2 amide bonds. The van der Waals surface area contributed by atoms with Crippen molar-refractivity contribution in [3.63, 3.8) is 0 Å². The highest BCUT2D eigenvalue weighted by atomic mass is 16.2. The van der Waals surface area contributed by atoms with Crippen LogP contribution in [0.1, 0.15) is 36.8 Å². The van der Waals surface area contributed by atoms with Gasteiger partial charge in [0.1, 0.15) is 0 Å². The van der Waals surface area contributed by atoms with Crippen LogP contribution in [0.2, 0.25) is 0 Å². The summed E-state index contributed by atoms with van der Waals surface area (Å²) in [5.41, 5.74) is 2.20. The Kier molecular flexibility index (Phi) is 6.42. The first-order valence-corrected chi connectivity index (χ1v) is 9.36. The SMILES string of the molecule is O=C(CC1CCCCN(Cc2ccccc2)C1=O)NCc1ccccc1. The van der Waals surface area contributed by atoms with E-state index in [2.05, 4.69) is 5.32 Å². The Bertz CT molecular complexity index is 715. The second kappa shape index (κ2) is 9.18. The second-order valence-electron chi connectivity index (χ2n) is 6.90. The zero-order valence-electron chi connectivity index (χ0n) is 15.1. The van der Waals surface area contributed by atoms with Gasteiger partial charge in [-0.15, -0.1) is 0 Å². The van der Waals surface area contributed by atoms with Crippen LogP contribution in [0.25, 0.3) is 0 Å². The van der Waals surface area contributed by atoms with Gasteiger partial charge in [-0.25, -0.2) is 0 Å². The predicted molar refractivity (Wildman–Crippen MR) is 102 cm³/mol. The zero-order valence-corrected chi connectivity index (χ0v) is 15.1. The Morgan fingerprint density at radius 1 is 0.962 bits per heavy atom. The van der Waals surface area contributed by atoms with Gasteiger partial charge in [0.25, 0.3) is 0 Å². The van der Waals surface area contributed by atoms with E-state index >= 15 is 0 Å². The summed E-state index contributed by atoms with van der Waals surface area (Å²) in [6.07, 6.45) is 3.06. The number of nitrogens with one attached hydrogen (secondary N) is 1. The van der Waals surface area contributed by atoms with Crippen molar-refractivity contribution >= 4 is 11.8 Å². The first-order chi connectivity index (χ1) is 12.7. The van der Waals surface area contributed by atoms with E-state index in [0.717, 1.165) is 36.9 Å². The number of hydrogen-bond donors (Lipinski definition) is 1. The Hall–Kier alpha value is -2.62. The number of hydrogen-bond acceptors (Lipinski definition) is 2. The minimum Gasteiger partial charge on any atom is -0.352 e. The van der Waals surface area contributed by atoms with Gasteiger partial charge in [-0.1, -0.05) is 67.1 Å². The van der Waals surface area contributed by atoms with Crippen LogP contribution in [0.15, 0.2) is 60.7 Å². The number of carbonyl (C=O) groups is 2. The third-order valence-electron chi connectivity index (χ3n) is 4.87. The molecule has 2 aromatic rings. The van der Waals surface area contributed by atoms with Crippen molar-refractivity contribution in [1.29, 1.82) is 0 Å². The summed E-state index contributed by atoms with van der Waals surface area (Å²) in [5.74, 6) is -0.146. The summed E-state index contributed by atoms with van der Waals surface area (Å²) in [4.78, 5) is 27.1. The lowest BCUT2D eigenvalue weighted by molar-refractivity contribution is -0.138. The molecule has 1 atom stereocenters. The Labute approximate surface area is 155 Å². The van der Waals surface area contributed by atoms with Crippen LogP contribution < -0.4 is 5.32 Å². The predicted octanol–water partition coefficient (Wildman–Crippen LogP) is 3.52. The Morgan fingerprint density at radius 3 is 2.31 bits per heavy atom. The van der Waals surface area contributed by atoms with Crippen LogP contribution in [0.4, 0.5) is 0 Å². The number of likely N-dealkylation sites (tertiary alicyclic amines) is 1. The molecule has 1 aliphatic heterocycles. The molecule has 136 valence electrons. The molecule has 1 aliphatic rings. The van der Waals surface area contributed by atoms with Gasteiger partial charge in [0.2, 0.25) is 11.8 Å². The molecule has 1 fully saturated rings. The van der Waals surface area contributed by atoms with Crippen LogP contribution in [-0.2, 0) is 22.7 Å². The van der Waals surface area contributed by atoms with Crippen molar-refractivity contribution in [1.82, 2.24) is 10.2 Å². The van der Waals surface area contributed by atoms with Gasteiger partial charge in [0, 0.05) is 32.0 Å².